The van der Waals surface area contributed by atoms with Crippen LogP contribution in [0.25, 0.3) is 0 Å². The Labute approximate surface area is 119 Å². The van der Waals surface area contributed by atoms with Crippen molar-refractivity contribution in [2.24, 2.45) is 0 Å². The van der Waals surface area contributed by atoms with Crippen molar-refractivity contribution >= 4 is 11.6 Å². The van der Waals surface area contributed by atoms with E-state index in [0.717, 1.165) is 23.2 Å². The topological polar surface area (TPSA) is 49.3 Å². The molecule has 0 fully saturated rings. The number of carbonyl (C=O) groups is 1. The number of aryl methyl sites for hydroxylation is 1. The Morgan fingerprint density at radius 2 is 1.90 bits per heavy atom. The van der Waals surface area contributed by atoms with E-state index < -0.39 is 0 Å². The number of hydrogen-bond donors (Lipinski definition) is 2. The Bertz CT molecular complexity index is 593. The third-order valence-corrected chi connectivity index (χ3v) is 3.39. The van der Waals surface area contributed by atoms with Gasteiger partial charge in [-0.25, -0.2) is 0 Å². The molecule has 0 aliphatic carbocycles. The Kier molecular flexibility index (Phi) is 4.41. The third-order valence-electron chi connectivity index (χ3n) is 3.39. The van der Waals surface area contributed by atoms with Crippen molar-refractivity contribution in [3.8, 4) is 5.75 Å². The number of phenolic OH excluding ortho intramolecular Hbond substituents is 1. The summed E-state index contributed by atoms with van der Waals surface area (Å²) >= 11 is 0. The monoisotopic (exact) mass is 269 g/mol. The van der Waals surface area contributed by atoms with Crippen LogP contribution < -0.4 is 5.32 Å². The summed E-state index contributed by atoms with van der Waals surface area (Å²) in [5, 5.41) is 12.3. The molecule has 2 aromatic carbocycles. The van der Waals surface area contributed by atoms with Gasteiger partial charge in [0, 0.05) is 5.69 Å². The van der Waals surface area contributed by atoms with Crippen LogP contribution in [0.3, 0.4) is 0 Å². The van der Waals surface area contributed by atoms with E-state index in [2.05, 4.69) is 5.32 Å². The zero-order valence-corrected chi connectivity index (χ0v) is 11.8. The van der Waals surface area contributed by atoms with E-state index in [4.69, 9.17) is 0 Å². The van der Waals surface area contributed by atoms with Crippen LogP contribution in [-0.4, -0.2) is 11.0 Å². The van der Waals surface area contributed by atoms with Crippen LogP contribution >= 0.6 is 0 Å². The van der Waals surface area contributed by atoms with Crippen LogP contribution in [0.2, 0.25) is 0 Å². The summed E-state index contributed by atoms with van der Waals surface area (Å²) in [7, 11) is 0. The van der Waals surface area contributed by atoms with Gasteiger partial charge in [-0.2, -0.15) is 0 Å². The average molecular weight is 269 g/mol. The molecule has 20 heavy (non-hydrogen) atoms. The van der Waals surface area contributed by atoms with Crippen LogP contribution in [0.4, 0.5) is 5.69 Å². The van der Waals surface area contributed by atoms with Gasteiger partial charge in [-0.3, -0.25) is 4.79 Å². The Hall–Kier alpha value is -2.29. The molecule has 2 rings (SSSR count). The minimum absolute atomic E-state index is 0.0208. The van der Waals surface area contributed by atoms with E-state index in [1.165, 1.54) is 0 Å². The van der Waals surface area contributed by atoms with Crippen LogP contribution in [0, 0.1) is 6.92 Å². The minimum atomic E-state index is -0.163. The molecule has 0 spiro atoms. The van der Waals surface area contributed by atoms with Crippen LogP contribution in [0.15, 0.2) is 48.5 Å². The standard InChI is InChI=1S/C17H19NO2/c1-3-15(13-7-5-4-6-8-13)17(20)18-16-10-9-14(19)11-12(16)2/h4-11,15,19H,3H2,1-2H3,(H,18,20). The molecule has 2 aromatic rings. The molecule has 0 bridgehead atoms. The maximum atomic E-state index is 12.4. The molecule has 0 heterocycles. The lowest BCUT2D eigenvalue weighted by Crippen LogP contribution is -2.21. The first-order valence-corrected chi connectivity index (χ1v) is 6.77. The quantitative estimate of drug-likeness (QED) is 0.829. The molecular weight excluding hydrogens is 250 g/mol. The van der Waals surface area contributed by atoms with Gasteiger partial charge in [0.1, 0.15) is 5.75 Å². The van der Waals surface area contributed by atoms with Gasteiger partial charge in [0.05, 0.1) is 5.92 Å². The number of carbonyl (C=O) groups excluding carboxylic acids is 1. The molecule has 0 aliphatic heterocycles. The van der Waals surface area contributed by atoms with Crippen molar-refractivity contribution in [2.45, 2.75) is 26.2 Å². The Morgan fingerprint density at radius 3 is 2.50 bits per heavy atom. The first kappa shape index (κ1) is 14.1. The van der Waals surface area contributed by atoms with E-state index >= 15 is 0 Å². The van der Waals surface area contributed by atoms with Crippen LogP contribution in [0.5, 0.6) is 5.75 Å². The fourth-order valence-corrected chi connectivity index (χ4v) is 2.27. The fourth-order valence-electron chi connectivity index (χ4n) is 2.27. The number of nitrogens with one attached hydrogen (secondary N) is 1. The molecule has 3 nitrogen and oxygen atoms in total. The molecule has 0 saturated heterocycles. The summed E-state index contributed by atoms with van der Waals surface area (Å²) in [5.41, 5.74) is 2.60. The smallest absolute Gasteiger partial charge is 0.231 e. The van der Waals surface area contributed by atoms with E-state index in [-0.39, 0.29) is 17.6 Å². The normalized spacial score (nSPS) is 11.9. The average Bonchev–Trinajstić information content (AvgIpc) is 2.44. The number of benzene rings is 2. The van der Waals surface area contributed by atoms with Gasteiger partial charge in [0.2, 0.25) is 5.91 Å². The van der Waals surface area contributed by atoms with Gasteiger partial charge < -0.3 is 10.4 Å². The van der Waals surface area contributed by atoms with Crippen molar-refractivity contribution in [3.63, 3.8) is 0 Å². The van der Waals surface area contributed by atoms with Gasteiger partial charge in [-0.15, -0.1) is 0 Å². The fraction of sp³-hybridized carbons (Fsp3) is 0.235. The second kappa shape index (κ2) is 6.24. The van der Waals surface area contributed by atoms with Crippen molar-refractivity contribution in [2.75, 3.05) is 5.32 Å². The highest BCUT2D eigenvalue weighted by molar-refractivity contribution is 5.96. The third kappa shape index (κ3) is 3.18. The predicted octanol–water partition coefficient (Wildman–Crippen LogP) is 3.83. The maximum Gasteiger partial charge on any atom is 0.231 e. The second-order valence-corrected chi connectivity index (χ2v) is 4.86. The van der Waals surface area contributed by atoms with E-state index in [1.807, 2.05) is 44.2 Å². The van der Waals surface area contributed by atoms with Gasteiger partial charge in [0.15, 0.2) is 0 Å². The highest BCUT2D eigenvalue weighted by Gasteiger charge is 2.18. The molecule has 1 atom stereocenters. The van der Waals surface area contributed by atoms with Crippen molar-refractivity contribution in [3.05, 3.63) is 59.7 Å². The van der Waals surface area contributed by atoms with Gasteiger partial charge in [0.25, 0.3) is 0 Å². The first-order chi connectivity index (χ1) is 9.61. The first-order valence-electron chi connectivity index (χ1n) is 6.77. The lowest BCUT2D eigenvalue weighted by atomic mass is 9.95. The summed E-state index contributed by atoms with van der Waals surface area (Å²) in [5.74, 6) is 0.0208. The SMILES string of the molecule is CCC(C(=O)Nc1ccc(O)cc1C)c1ccccc1. The maximum absolute atomic E-state index is 12.4. The van der Waals surface area contributed by atoms with E-state index in [9.17, 15) is 9.90 Å². The Morgan fingerprint density at radius 1 is 1.20 bits per heavy atom. The van der Waals surface area contributed by atoms with Crippen LogP contribution in [-0.2, 0) is 4.79 Å². The summed E-state index contributed by atoms with van der Waals surface area (Å²) in [6.45, 7) is 3.86. The van der Waals surface area contributed by atoms with Crippen molar-refractivity contribution in [1.82, 2.24) is 0 Å². The highest BCUT2D eigenvalue weighted by Crippen LogP contribution is 2.24. The van der Waals surface area contributed by atoms with Crippen LogP contribution in [0.1, 0.15) is 30.4 Å². The number of phenols is 1. The summed E-state index contributed by atoms with van der Waals surface area (Å²) < 4.78 is 0. The summed E-state index contributed by atoms with van der Waals surface area (Å²) in [6, 6.07) is 14.7. The molecule has 0 radical (unpaired) electrons. The Balaban J connectivity index is 2.18. The predicted molar refractivity (Wildman–Crippen MR) is 80.9 cm³/mol. The zero-order valence-electron chi connectivity index (χ0n) is 11.8. The molecule has 0 saturated carbocycles. The number of hydrogen-bond acceptors (Lipinski definition) is 2. The molecule has 104 valence electrons. The minimum Gasteiger partial charge on any atom is -0.508 e. The molecular formula is C17H19NO2. The largest absolute Gasteiger partial charge is 0.508 e. The zero-order chi connectivity index (χ0) is 14.5. The highest BCUT2D eigenvalue weighted by atomic mass is 16.3. The molecule has 3 heteroatoms. The van der Waals surface area contributed by atoms with Crippen molar-refractivity contribution < 1.29 is 9.90 Å². The summed E-state index contributed by atoms with van der Waals surface area (Å²) in [6.07, 6.45) is 0.743. The molecule has 0 aliphatic rings. The number of rotatable bonds is 4. The lowest BCUT2D eigenvalue weighted by Gasteiger charge is -2.16. The van der Waals surface area contributed by atoms with E-state index in [1.54, 1.807) is 18.2 Å². The van der Waals surface area contributed by atoms with Gasteiger partial charge in [-0.05, 0) is 42.7 Å². The molecule has 1 amide bonds. The molecule has 2 N–H and O–H groups in total. The van der Waals surface area contributed by atoms with Crippen molar-refractivity contribution in [1.29, 1.82) is 0 Å². The molecule has 0 aromatic heterocycles. The molecule has 1 unspecified atom stereocenters. The number of anilines is 1. The summed E-state index contributed by atoms with van der Waals surface area (Å²) in [4.78, 5) is 12.4. The van der Waals surface area contributed by atoms with Gasteiger partial charge >= 0.3 is 0 Å². The van der Waals surface area contributed by atoms with Gasteiger partial charge in [-0.1, -0.05) is 37.3 Å². The van der Waals surface area contributed by atoms with E-state index in [0.29, 0.717) is 0 Å². The lowest BCUT2D eigenvalue weighted by molar-refractivity contribution is -0.117. The number of amides is 1. The second-order valence-electron chi connectivity index (χ2n) is 4.86. The number of aromatic hydroxyl groups is 1.